The van der Waals surface area contributed by atoms with E-state index in [-0.39, 0.29) is 18.0 Å². The summed E-state index contributed by atoms with van der Waals surface area (Å²) in [6, 6.07) is 20.7. The lowest BCUT2D eigenvalue weighted by Gasteiger charge is -2.11. The summed E-state index contributed by atoms with van der Waals surface area (Å²) in [5, 5.41) is 11.0. The van der Waals surface area contributed by atoms with E-state index in [1.54, 1.807) is 66.7 Å². The van der Waals surface area contributed by atoms with Crippen molar-refractivity contribution >= 4 is 46.7 Å². The predicted molar refractivity (Wildman–Crippen MR) is 117 cm³/mol. The number of benzene rings is 3. The number of carbonyl (C=O) groups excluding carboxylic acids is 1. The third-order valence-electron chi connectivity index (χ3n) is 4.07. The van der Waals surface area contributed by atoms with E-state index in [4.69, 9.17) is 39.5 Å². The SMILES string of the molecule is N#C/C(=C\c1cc(Cl)ccc1OCc1ccc(Cl)cc1Cl)C(=O)c1ccccc1. The Morgan fingerprint density at radius 3 is 2.34 bits per heavy atom. The van der Waals surface area contributed by atoms with Crippen LogP contribution in [0, 0.1) is 11.3 Å². The molecule has 0 aliphatic rings. The number of Topliss-reactive ketones (excluding diaryl/α,β-unsaturated/α-hetero) is 1. The standard InChI is InChI=1S/C23H14Cl3NO2/c24-19-8-9-22(29-14-16-6-7-20(25)12-21(16)26)17(11-19)10-18(13-27)23(28)15-4-2-1-3-5-15/h1-12H,14H2/b18-10+. The highest BCUT2D eigenvalue weighted by atomic mass is 35.5. The molecular weight excluding hydrogens is 429 g/mol. The van der Waals surface area contributed by atoms with Crippen LogP contribution < -0.4 is 4.74 Å². The Bertz CT molecular complexity index is 1120. The van der Waals surface area contributed by atoms with Crippen LogP contribution in [-0.2, 0) is 6.61 Å². The molecule has 3 aromatic rings. The van der Waals surface area contributed by atoms with Crippen molar-refractivity contribution in [1.82, 2.24) is 0 Å². The Hall–Kier alpha value is -2.77. The fourth-order valence-electron chi connectivity index (χ4n) is 2.61. The summed E-state index contributed by atoms with van der Waals surface area (Å²) < 4.78 is 5.88. The van der Waals surface area contributed by atoms with Gasteiger partial charge in [0.15, 0.2) is 0 Å². The second-order valence-corrected chi connectivity index (χ2v) is 7.35. The minimum absolute atomic E-state index is 0.0205. The molecule has 0 saturated carbocycles. The van der Waals surface area contributed by atoms with Gasteiger partial charge in [-0.2, -0.15) is 5.26 Å². The third kappa shape index (κ3) is 5.40. The number of nitriles is 1. The topological polar surface area (TPSA) is 50.1 Å². The number of ketones is 1. The highest BCUT2D eigenvalue weighted by Crippen LogP contribution is 2.28. The molecule has 0 aromatic heterocycles. The number of hydrogen-bond donors (Lipinski definition) is 0. The maximum absolute atomic E-state index is 12.6. The van der Waals surface area contributed by atoms with Crippen molar-refractivity contribution in [1.29, 1.82) is 5.26 Å². The molecule has 0 N–H and O–H groups in total. The van der Waals surface area contributed by atoms with Crippen molar-refractivity contribution in [2.45, 2.75) is 6.61 Å². The lowest BCUT2D eigenvalue weighted by atomic mass is 10.0. The van der Waals surface area contributed by atoms with Crippen LogP contribution >= 0.6 is 34.8 Å². The van der Waals surface area contributed by atoms with Gasteiger partial charge in [-0.25, -0.2) is 0 Å². The monoisotopic (exact) mass is 441 g/mol. The zero-order valence-electron chi connectivity index (χ0n) is 15.0. The van der Waals surface area contributed by atoms with E-state index in [1.165, 1.54) is 6.08 Å². The quantitative estimate of drug-likeness (QED) is 0.234. The van der Waals surface area contributed by atoms with Gasteiger partial charge in [0.25, 0.3) is 0 Å². The first-order valence-electron chi connectivity index (χ1n) is 8.56. The number of allylic oxidation sites excluding steroid dienone is 1. The molecule has 0 heterocycles. The Labute approximate surface area is 183 Å². The van der Waals surface area contributed by atoms with E-state index < -0.39 is 0 Å². The van der Waals surface area contributed by atoms with E-state index in [9.17, 15) is 10.1 Å². The Morgan fingerprint density at radius 2 is 1.66 bits per heavy atom. The van der Waals surface area contributed by atoms with Gasteiger partial charge >= 0.3 is 0 Å². The summed E-state index contributed by atoms with van der Waals surface area (Å²) in [7, 11) is 0. The number of hydrogen-bond acceptors (Lipinski definition) is 3. The summed E-state index contributed by atoms with van der Waals surface area (Å²) in [5.74, 6) is 0.0915. The fraction of sp³-hybridized carbons (Fsp3) is 0.0435. The summed E-state index contributed by atoms with van der Waals surface area (Å²) >= 11 is 18.2. The van der Waals surface area contributed by atoms with Crippen LogP contribution in [0.3, 0.4) is 0 Å². The second kappa shape index (κ2) is 9.62. The largest absolute Gasteiger partial charge is 0.488 e. The van der Waals surface area contributed by atoms with Crippen molar-refractivity contribution in [2.24, 2.45) is 0 Å². The summed E-state index contributed by atoms with van der Waals surface area (Å²) in [6.07, 6.45) is 1.47. The van der Waals surface area contributed by atoms with E-state index in [0.717, 1.165) is 5.56 Å². The lowest BCUT2D eigenvalue weighted by Crippen LogP contribution is -2.02. The second-order valence-electron chi connectivity index (χ2n) is 6.07. The van der Waals surface area contributed by atoms with Crippen molar-refractivity contribution in [3.05, 3.63) is 104 Å². The van der Waals surface area contributed by atoms with Crippen molar-refractivity contribution in [3.63, 3.8) is 0 Å². The highest BCUT2D eigenvalue weighted by Gasteiger charge is 2.14. The van der Waals surface area contributed by atoms with Gasteiger partial charge in [-0.15, -0.1) is 0 Å². The molecule has 0 saturated heterocycles. The summed E-state index contributed by atoms with van der Waals surface area (Å²) in [4.78, 5) is 12.6. The molecule has 144 valence electrons. The van der Waals surface area contributed by atoms with Gasteiger partial charge in [0.05, 0.1) is 0 Å². The maximum Gasteiger partial charge on any atom is 0.203 e. The molecule has 3 nitrogen and oxygen atoms in total. The molecule has 6 heteroatoms. The smallest absolute Gasteiger partial charge is 0.203 e. The van der Waals surface area contributed by atoms with Crippen LogP contribution in [0.2, 0.25) is 15.1 Å². The molecule has 29 heavy (non-hydrogen) atoms. The van der Waals surface area contributed by atoms with Gasteiger partial charge < -0.3 is 4.74 Å². The van der Waals surface area contributed by atoms with E-state index in [0.29, 0.717) is 31.9 Å². The van der Waals surface area contributed by atoms with Gasteiger partial charge in [0.2, 0.25) is 5.78 Å². The van der Waals surface area contributed by atoms with Crippen LogP contribution in [-0.4, -0.2) is 5.78 Å². The molecule has 0 fully saturated rings. The molecule has 3 aromatic carbocycles. The van der Waals surface area contributed by atoms with Crippen LogP contribution in [0.15, 0.2) is 72.3 Å². The first-order chi connectivity index (χ1) is 14.0. The zero-order chi connectivity index (χ0) is 20.8. The van der Waals surface area contributed by atoms with Gasteiger partial charge in [-0.3, -0.25) is 4.79 Å². The molecule has 0 aliphatic heterocycles. The van der Waals surface area contributed by atoms with Crippen molar-refractivity contribution < 1.29 is 9.53 Å². The molecule has 0 amide bonds. The molecule has 3 rings (SSSR count). The van der Waals surface area contributed by atoms with Crippen LogP contribution in [0.25, 0.3) is 6.08 Å². The minimum Gasteiger partial charge on any atom is -0.488 e. The summed E-state index contributed by atoms with van der Waals surface area (Å²) in [5.41, 5.74) is 1.68. The molecule has 0 radical (unpaired) electrons. The first-order valence-corrected chi connectivity index (χ1v) is 9.69. The number of carbonyl (C=O) groups is 1. The molecular formula is C23H14Cl3NO2. The molecule has 0 bridgehead atoms. The van der Waals surface area contributed by atoms with Gasteiger partial charge in [-0.1, -0.05) is 71.2 Å². The van der Waals surface area contributed by atoms with Crippen LogP contribution in [0.4, 0.5) is 0 Å². The lowest BCUT2D eigenvalue weighted by molar-refractivity contribution is 0.104. The van der Waals surface area contributed by atoms with Crippen LogP contribution in [0.5, 0.6) is 5.75 Å². The molecule has 0 unspecified atom stereocenters. The predicted octanol–water partition coefficient (Wildman–Crippen LogP) is 7.02. The fourth-order valence-corrected chi connectivity index (χ4v) is 3.25. The van der Waals surface area contributed by atoms with Gasteiger partial charge in [0.1, 0.15) is 24.0 Å². The minimum atomic E-state index is -0.375. The van der Waals surface area contributed by atoms with E-state index in [1.807, 2.05) is 6.07 Å². The van der Waals surface area contributed by atoms with Gasteiger partial charge in [-0.05, 0) is 36.4 Å². The Morgan fingerprint density at radius 1 is 0.966 bits per heavy atom. The average Bonchev–Trinajstić information content (AvgIpc) is 2.72. The van der Waals surface area contributed by atoms with Gasteiger partial charge in [0, 0.05) is 31.8 Å². The average molecular weight is 443 g/mol. The maximum atomic E-state index is 12.6. The Balaban J connectivity index is 1.90. The van der Waals surface area contributed by atoms with E-state index >= 15 is 0 Å². The Kier molecular flexibility index (Phi) is 6.95. The van der Waals surface area contributed by atoms with E-state index in [2.05, 4.69) is 0 Å². The number of rotatable bonds is 6. The number of ether oxygens (including phenoxy) is 1. The molecule has 0 aliphatic carbocycles. The van der Waals surface area contributed by atoms with Crippen LogP contribution in [0.1, 0.15) is 21.5 Å². The summed E-state index contributed by atoms with van der Waals surface area (Å²) in [6.45, 7) is 0.187. The third-order valence-corrected chi connectivity index (χ3v) is 4.89. The number of halogens is 3. The highest BCUT2D eigenvalue weighted by molar-refractivity contribution is 6.35. The first kappa shape index (κ1) is 21.0. The van der Waals surface area contributed by atoms with Crippen molar-refractivity contribution in [2.75, 3.05) is 0 Å². The molecule has 0 spiro atoms. The molecule has 0 atom stereocenters. The number of nitrogens with zero attached hydrogens (tertiary/aromatic N) is 1. The van der Waals surface area contributed by atoms with Crippen molar-refractivity contribution in [3.8, 4) is 11.8 Å². The normalized spacial score (nSPS) is 11.0. The zero-order valence-corrected chi connectivity index (χ0v) is 17.3.